The van der Waals surface area contributed by atoms with Crippen molar-refractivity contribution in [1.82, 2.24) is 52.1 Å². The number of rotatable bonds is 43. The Hall–Kier alpha value is -13.2. The topological polar surface area (TPSA) is 358 Å². The van der Waals surface area contributed by atoms with E-state index in [9.17, 15) is 75.5 Å². The van der Waals surface area contributed by atoms with Crippen molar-refractivity contribution in [2.45, 2.75) is 109 Å². The molecule has 0 atom stereocenters. The quantitative estimate of drug-likeness (QED) is 0.0138. The second-order valence-electron chi connectivity index (χ2n) is 30.7. The molecule has 0 radical (unpaired) electrons. The summed E-state index contributed by atoms with van der Waals surface area (Å²) in [6, 6.07) is 20.3. The number of ether oxygens (including phenoxy) is 1. The van der Waals surface area contributed by atoms with Crippen molar-refractivity contribution in [3.63, 3.8) is 0 Å². The highest BCUT2D eigenvalue weighted by Gasteiger charge is 2.34. The predicted molar refractivity (Wildman–Crippen MR) is 454 cm³/mol. The van der Waals surface area contributed by atoms with Gasteiger partial charge in [-0.3, -0.25) is 62.3 Å². The minimum atomic E-state index is -4.75. The van der Waals surface area contributed by atoms with Gasteiger partial charge < -0.3 is 83.4 Å². The Labute approximate surface area is 707 Å². The van der Waals surface area contributed by atoms with E-state index in [0.717, 1.165) is 37.1 Å². The number of ketones is 6. The van der Waals surface area contributed by atoms with E-state index in [1.54, 1.807) is 143 Å². The van der Waals surface area contributed by atoms with Gasteiger partial charge in [-0.1, -0.05) is 17.7 Å². The SMILES string of the molecule is CCOc1ccc(CC(=O)CCCCC(=O)NCCC(=O)Nc2cc(C(=O)Nc3cc(C(=O)Nc4cc(C(=O)Nc5cc(C(=O)NCCCC(=O)Cc6cc(C(=O)Cc7cc(C(=O)Cc8cc(C(=O)Cc9cc(C(=O)CCCCN(C)C)n(C)c9)n(C)c8)n(C)c7)n(C)c6)n(C)c5)n(C)c4)n(C)c3)n(C)c2)cc1C(=O)Nc1ccc(Cl)c(C(F)(F)F)c1. The van der Waals surface area contributed by atoms with Crippen LogP contribution in [0.3, 0.4) is 0 Å². The number of Topliss-reactive ketones (excluding diaryl/α,β-unsaturated/α-hetero) is 6. The van der Waals surface area contributed by atoms with E-state index in [2.05, 4.69) is 42.1 Å². The minimum absolute atomic E-state index is 0.000760. The third-order valence-electron chi connectivity index (χ3n) is 20.4. The summed E-state index contributed by atoms with van der Waals surface area (Å²) in [4.78, 5) is 175. The predicted octanol–water partition coefficient (Wildman–Crippen LogP) is 11.8. The number of carbonyl (C=O) groups excluding carboxylic acids is 13. The Balaban J connectivity index is 0.601. The largest absolute Gasteiger partial charge is 0.493 e. The number of hydrogen-bond acceptors (Lipinski definition) is 15. The molecule has 0 unspecified atom stereocenters. The van der Waals surface area contributed by atoms with Crippen LogP contribution in [0.4, 0.5) is 41.6 Å². The minimum Gasteiger partial charge on any atom is -0.493 e. The molecule has 0 spiro atoms. The highest BCUT2D eigenvalue weighted by molar-refractivity contribution is 6.31. The zero-order valence-corrected chi connectivity index (χ0v) is 70.6. The standard InChI is InChI=1S/C88H100ClF3N16O14/c1-12-122-80-25-22-53(32-65(80)83(117)96-58-23-24-67(89)66(40-58)88(90,91)92)30-63(109)18-13-14-21-81(115)93-28-26-82(116)95-59-41-73(106(9)49-59)85(119)98-61-43-75(108(11)51-61)87(121)99-62-44-74(107(10)52-62)86(120)97-60-42-72(105(8)50-60)84(118)94-27-17-19-64(110)31-54-33-69(102(5)45-54)77(112)38-56-35-71(104(7)47-56)79(114)39-57-36-70(103(6)48-57)78(113)37-55-34-68(101(4)46-55)76(111)20-15-16-29-100(2)3/h22-25,32-36,40-52H,12-21,26-31,37-39H2,1-11H3,(H,93,115)(H,94,118)(H,95,116)(H,96,117)(H,97,120)(H,98,119)(H,99,121). The summed E-state index contributed by atoms with van der Waals surface area (Å²) in [5, 5.41) is 18.5. The lowest BCUT2D eigenvalue weighted by Gasteiger charge is -2.14. The third kappa shape index (κ3) is 24.5. The summed E-state index contributed by atoms with van der Waals surface area (Å²) in [7, 11) is 17.5. The zero-order chi connectivity index (χ0) is 88.6. The number of halogens is 4. The van der Waals surface area contributed by atoms with Crippen molar-refractivity contribution in [2.24, 2.45) is 56.4 Å². The molecule has 10 rings (SSSR count). The van der Waals surface area contributed by atoms with Crippen LogP contribution in [-0.2, 0) is 114 Å². The molecule has 0 aliphatic rings. The van der Waals surface area contributed by atoms with Gasteiger partial charge in [-0.15, -0.1) is 0 Å². The number of nitrogens with one attached hydrogen (secondary N) is 7. The molecular weight excluding hydrogens is 1600 g/mol. The van der Waals surface area contributed by atoms with Gasteiger partial charge in [0.15, 0.2) is 23.1 Å². The molecule has 10 aromatic rings. The van der Waals surface area contributed by atoms with Gasteiger partial charge in [-0.2, -0.15) is 13.2 Å². The third-order valence-corrected chi connectivity index (χ3v) is 20.7. The van der Waals surface area contributed by atoms with Gasteiger partial charge in [0.1, 0.15) is 40.1 Å². The van der Waals surface area contributed by atoms with E-state index in [1.807, 2.05) is 14.1 Å². The van der Waals surface area contributed by atoms with Crippen molar-refractivity contribution >= 4 is 116 Å². The van der Waals surface area contributed by atoms with Crippen molar-refractivity contribution in [3.8, 4) is 5.75 Å². The van der Waals surface area contributed by atoms with Crippen molar-refractivity contribution in [3.05, 3.63) is 224 Å². The summed E-state index contributed by atoms with van der Waals surface area (Å²) in [5.74, 6) is -4.29. The maximum absolute atomic E-state index is 13.7. The fourth-order valence-electron chi connectivity index (χ4n) is 14.3. The molecule has 0 saturated carbocycles. The summed E-state index contributed by atoms with van der Waals surface area (Å²) in [5.41, 5.74) is 5.53. The zero-order valence-electron chi connectivity index (χ0n) is 69.9. The van der Waals surface area contributed by atoms with Crippen LogP contribution >= 0.6 is 11.6 Å². The normalized spacial score (nSPS) is 11.4. The van der Waals surface area contributed by atoms with Crippen LogP contribution in [0.1, 0.15) is 199 Å². The van der Waals surface area contributed by atoms with Crippen LogP contribution in [-0.4, -0.2) is 158 Å². The summed E-state index contributed by atoms with van der Waals surface area (Å²) in [6.45, 7) is 2.96. The highest BCUT2D eigenvalue weighted by atomic mass is 35.5. The van der Waals surface area contributed by atoms with Crippen LogP contribution in [0.15, 0.2) is 135 Å². The number of aromatic nitrogens is 8. The van der Waals surface area contributed by atoms with Crippen LogP contribution < -0.4 is 42.0 Å². The van der Waals surface area contributed by atoms with E-state index in [1.165, 1.54) is 79.3 Å². The van der Waals surface area contributed by atoms with Crippen molar-refractivity contribution in [1.29, 1.82) is 0 Å². The number of amides is 7. The number of anilines is 5. The van der Waals surface area contributed by atoms with Crippen LogP contribution in [0.5, 0.6) is 5.75 Å². The van der Waals surface area contributed by atoms with Gasteiger partial charge in [0.25, 0.3) is 29.5 Å². The van der Waals surface area contributed by atoms with E-state index in [0.29, 0.717) is 82.1 Å². The summed E-state index contributed by atoms with van der Waals surface area (Å²) >= 11 is 5.73. The molecule has 8 heterocycles. The Morgan fingerprint density at radius 2 is 0.770 bits per heavy atom. The summed E-state index contributed by atoms with van der Waals surface area (Å²) < 4.78 is 58.8. The van der Waals surface area contributed by atoms with Crippen molar-refractivity contribution in [2.75, 3.05) is 66.9 Å². The van der Waals surface area contributed by atoms with Gasteiger partial charge in [0, 0.05) is 189 Å². The number of benzene rings is 2. The molecule has 0 aliphatic heterocycles. The molecule has 0 bridgehead atoms. The molecular formula is C88H100ClF3N16O14. The van der Waals surface area contributed by atoms with Crippen LogP contribution in [0.2, 0.25) is 5.02 Å². The molecule has 8 aromatic heterocycles. The second kappa shape index (κ2) is 40.7. The van der Waals surface area contributed by atoms with E-state index < -0.39 is 52.2 Å². The molecule has 0 saturated heterocycles. The number of alkyl halides is 3. The smallest absolute Gasteiger partial charge is 0.417 e. The molecule has 0 aliphatic carbocycles. The Kier molecular flexibility index (Phi) is 30.4. The number of carbonyl (C=O) groups is 13. The fourth-order valence-corrected chi connectivity index (χ4v) is 14.6. The van der Waals surface area contributed by atoms with Crippen molar-refractivity contribution < 1.29 is 80.2 Å². The van der Waals surface area contributed by atoms with E-state index >= 15 is 0 Å². The molecule has 7 amide bonds. The average Bonchev–Trinajstić information content (AvgIpc) is 1.60. The average molecular weight is 1700 g/mol. The molecule has 644 valence electrons. The van der Waals surface area contributed by atoms with Crippen LogP contribution in [0, 0.1) is 0 Å². The van der Waals surface area contributed by atoms with Crippen LogP contribution in [0.25, 0.3) is 0 Å². The molecule has 30 nitrogen and oxygen atoms in total. The maximum atomic E-state index is 13.7. The number of nitrogens with zero attached hydrogens (tertiary/aromatic N) is 9. The molecule has 0 fully saturated rings. The summed E-state index contributed by atoms with van der Waals surface area (Å²) in [6.07, 6.45) is 12.0. The molecule has 2 aromatic carbocycles. The first kappa shape index (κ1) is 91.1. The molecule has 122 heavy (non-hydrogen) atoms. The Bertz CT molecular complexity index is 5660. The highest BCUT2D eigenvalue weighted by Crippen LogP contribution is 2.37. The lowest BCUT2D eigenvalue weighted by molar-refractivity contribution is -0.137. The first-order valence-electron chi connectivity index (χ1n) is 39.7. The monoisotopic (exact) mass is 1700 g/mol. The number of aryl methyl sites for hydroxylation is 8. The second-order valence-corrected chi connectivity index (χ2v) is 31.1. The fraction of sp³-hybridized carbons (Fsp3) is 0.352. The Morgan fingerprint density at radius 3 is 1.23 bits per heavy atom. The van der Waals surface area contributed by atoms with Gasteiger partial charge >= 0.3 is 6.18 Å². The Morgan fingerprint density at radius 1 is 0.369 bits per heavy atom. The number of hydrogen-bond donors (Lipinski definition) is 7. The van der Waals surface area contributed by atoms with Gasteiger partial charge in [0.05, 0.1) is 68.3 Å². The molecule has 34 heteroatoms. The van der Waals surface area contributed by atoms with E-state index in [4.69, 9.17) is 16.3 Å². The van der Waals surface area contributed by atoms with E-state index in [-0.39, 0.29) is 169 Å². The molecule has 7 N–H and O–H groups in total. The lowest BCUT2D eigenvalue weighted by Crippen LogP contribution is -2.27. The first-order valence-corrected chi connectivity index (χ1v) is 40.0. The maximum Gasteiger partial charge on any atom is 0.417 e. The first-order chi connectivity index (χ1) is 57.9. The number of unbranched alkanes of at least 4 members (excludes halogenated alkanes) is 2. The van der Waals surface area contributed by atoms with Gasteiger partial charge in [-0.25, -0.2) is 0 Å². The lowest BCUT2D eigenvalue weighted by atomic mass is 10.0. The van der Waals surface area contributed by atoms with Gasteiger partial charge in [-0.05, 0) is 166 Å². The van der Waals surface area contributed by atoms with Gasteiger partial charge in [0.2, 0.25) is 11.8 Å².